The van der Waals surface area contributed by atoms with Crippen molar-refractivity contribution >= 4 is 10.8 Å². The van der Waals surface area contributed by atoms with Gasteiger partial charge in [-0.15, -0.1) is 0 Å². The maximum Gasteiger partial charge on any atom is 0.0672 e. The number of benzene rings is 2. The van der Waals surface area contributed by atoms with E-state index in [1.807, 2.05) is 6.92 Å². The molecule has 1 heterocycles. The van der Waals surface area contributed by atoms with Crippen molar-refractivity contribution in [3.8, 4) is 11.1 Å². The van der Waals surface area contributed by atoms with E-state index in [1.165, 1.54) is 21.9 Å². The standard InChI is InChI=1S/C15H14N2/c1-10-15(11(2)17-16-10)14-9-5-7-12-6-3-4-8-13(12)14/h3-9H,1-2H3,(H,16,17). The Bertz CT molecular complexity index is 655. The van der Waals surface area contributed by atoms with Gasteiger partial charge in [0.05, 0.1) is 5.69 Å². The Morgan fingerprint density at radius 3 is 2.47 bits per heavy atom. The monoisotopic (exact) mass is 222 g/mol. The van der Waals surface area contributed by atoms with Crippen LogP contribution in [0.15, 0.2) is 42.5 Å². The number of nitrogens with zero attached hydrogens (tertiary/aromatic N) is 1. The van der Waals surface area contributed by atoms with Crippen LogP contribution in [-0.4, -0.2) is 10.2 Å². The van der Waals surface area contributed by atoms with Crippen LogP contribution < -0.4 is 0 Å². The van der Waals surface area contributed by atoms with Gasteiger partial charge < -0.3 is 0 Å². The Morgan fingerprint density at radius 2 is 1.71 bits per heavy atom. The summed E-state index contributed by atoms with van der Waals surface area (Å²) in [5, 5.41) is 9.87. The van der Waals surface area contributed by atoms with Gasteiger partial charge in [0.1, 0.15) is 0 Å². The van der Waals surface area contributed by atoms with Crippen LogP contribution in [0.2, 0.25) is 0 Å². The average Bonchev–Trinajstić information content (AvgIpc) is 2.69. The summed E-state index contributed by atoms with van der Waals surface area (Å²) in [6.07, 6.45) is 0. The van der Waals surface area contributed by atoms with E-state index in [9.17, 15) is 0 Å². The topological polar surface area (TPSA) is 28.7 Å². The van der Waals surface area contributed by atoms with Crippen LogP contribution in [0.5, 0.6) is 0 Å². The summed E-state index contributed by atoms with van der Waals surface area (Å²) in [7, 11) is 0. The second kappa shape index (κ2) is 3.74. The largest absolute Gasteiger partial charge is 0.282 e. The van der Waals surface area contributed by atoms with E-state index in [0.717, 1.165) is 11.4 Å². The van der Waals surface area contributed by atoms with Crippen LogP contribution in [-0.2, 0) is 0 Å². The maximum atomic E-state index is 4.27. The maximum absolute atomic E-state index is 4.27. The van der Waals surface area contributed by atoms with Gasteiger partial charge in [0.2, 0.25) is 0 Å². The lowest BCUT2D eigenvalue weighted by molar-refractivity contribution is 1.02. The van der Waals surface area contributed by atoms with Crippen molar-refractivity contribution in [3.05, 3.63) is 53.9 Å². The van der Waals surface area contributed by atoms with Crippen LogP contribution in [0.4, 0.5) is 0 Å². The zero-order valence-electron chi connectivity index (χ0n) is 9.99. The lowest BCUT2D eigenvalue weighted by atomic mass is 9.97. The Hall–Kier alpha value is -2.09. The second-order valence-electron chi connectivity index (χ2n) is 4.34. The van der Waals surface area contributed by atoms with Crippen molar-refractivity contribution in [2.75, 3.05) is 0 Å². The quantitative estimate of drug-likeness (QED) is 0.665. The minimum Gasteiger partial charge on any atom is -0.282 e. The number of rotatable bonds is 1. The summed E-state index contributed by atoms with van der Waals surface area (Å²) in [6, 6.07) is 14.9. The van der Waals surface area contributed by atoms with Gasteiger partial charge >= 0.3 is 0 Å². The number of aromatic amines is 1. The van der Waals surface area contributed by atoms with E-state index < -0.39 is 0 Å². The summed E-state index contributed by atoms with van der Waals surface area (Å²) in [5.41, 5.74) is 4.66. The molecule has 0 unspecified atom stereocenters. The molecule has 0 amide bonds. The SMILES string of the molecule is Cc1n[nH]c(C)c1-c1cccc2ccccc12. The van der Waals surface area contributed by atoms with Crippen molar-refractivity contribution < 1.29 is 0 Å². The first-order chi connectivity index (χ1) is 8.27. The Labute approximate surface area is 100 Å². The molecule has 0 saturated heterocycles. The van der Waals surface area contributed by atoms with Gasteiger partial charge in [-0.1, -0.05) is 42.5 Å². The molecule has 84 valence electrons. The highest BCUT2D eigenvalue weighted by Crippen LogP contribution is 2.31. The molecule has 17 heavy (non-hydrogen) atoms. The fourth-order valence-electron chi connectivity index (χ4n) is 2.39. The molecule has 2 nitrogen and oxygen atoms in total. The number of hydrogen-bond acceptors (Lipinski definition) is 1. The van der Waals surface area contributed by atoms with Crippen LogP contribution in [0, 0.1) is 13.8 Å². The minimum absolute atomic E-state index is 1.05. The highest BCUT2D eigenvalue weighted by atomic mass is 15.1. The number of aromatic nitrogens is 2. The van der Waals surface area contributed by atoms with Crippen LogP contribution in [0.3, 0.4) is 0 Å². The first-order valence-corrected chi connectivity index (χ1v) is 5.77. The molecule has 0 saturated carbocycles. The van der Waals surface area contributed by atoms with Crippen molar-refractivity contribution in [1.82, 2.24) is 10.2 Å². The van der Waals surface area contributed by atoms with Crippen molar-refractivity contribution in [2.45, 2.75) is 13.8 Å². The molecule has 1 aromatic heterocycles. The second-order valence-corrected chi connectivity index (χ2v) is 4.34. The van der Waals surface area contributed by atoms with Crippen LogP contribution in [0.1, 0.15) is 11.4 Å². The average molecular weight is 222 g/mol. The Morgan fingerprint density at radius 1 is 0.941 bits per heavy atom. The Balaban J connectivity index is 2.38. The molecule has 0 atom stereocenters. The van der Waals surface area contributed by atoms with E-state index in [1.54, 1.807) is 0 Å². The minimum atomic E-state index is 1.05. The van der Waals surface area contributed by atoms with E-state index in [2.05, 4.69) is 59.6 Å². The molecule has 0 aliphatic carbocycles. The number of aryl methyl sites for hydroxylation is 2. The van der Waals surface area contributed by atoms with Crippen molar-refractivity contribution in [1.29, 1.82) is 0 Å². The predicted molar refractivity (Wildman–Crippen MR) is 71.0 cm³/mol. The highest BCUT2D eigenvalue weighted by Gasteiger charge is 2.11. The first kappa shape index (κ1) is 10.1. The third-order valence-corrected chi connectivity index (χ3v) is 3.19. The molecule has 0 radical (unpaired) electrons. The lowest BCUT2D eigenvalue weighted by Crippen LogP contribution is -1.84. The van der Waals surface area contributed by atoms with Gasteiger partial charge in [0.25, 0.3) is 0 Å². The fourth-order valence-corrected chi connectivity index (χ4v) is 2.39. The van der Waals surface area contributed by atoms with Crippen molar-refractivity contribution in [3.63, 3.8) is 0 Å². The van der Waals surface area contributed by atoms with E-state index >= 15 is 0 Å². The number of fused-ring (bicyclic) bond motifs is 1. The molecule has 0 bridgehead atoms. The smallest absolute Gasteiger partial charge is 0.0672 e. The van der Waals surface area contributed by atoms with Gasteiger partial charge in [0.15, 0.2) is 0 Å². The van der Waals surface area contributed by atoms with Crippen LogP contribution >= 0.6 is 0 Å². The number of hydrogen-bond donors (Lipinski definition) is 1. The zero-order chi connectivity index (χ0) is 11.8. The molecule has 3 aromatic rings. The summed E-state index contributed by atoms with van der Waals surface area (Å²) < 4.78 is 0. The molecule has 0 spiro atoms. The summed E-state index contributed by atoms with van der Waals surface area (Å²) >= 11 is 0. The van der Waals surface area contributed by atoms with Gasteiger partial charge in [0, 0.05) is 11.3 Å². The molecule has 0 aliphatic rings. The molecule has 2 heteroatoms. The third kappa shape index (κ3) is 1.53. The van der Waals surface area contributed by atoms with Crippen LogP contribution in [0.25, 0.3) is 21.9 Å². The molecular weight excluding hydrogens is 208 g/mol. The lowest BCUT2D eigenvalue weighted by Gasteiger charge is -2.06. The fraction of sp³-hybridized carbons (Fsp3) is 0.133. The van der Waals surface area contributed by atoms with E-state index in [4.69, 9.17) is 0 Å². The molecular formula is C15H14N2. The zero-order valence-corrected chi connectivity index (χ0v) is 9.99. The van der Waals surface area contributed by atoms with E-state index in [-0.39, 0.29) is 0 Å². The highest BCUT2D eigenvalue weighted by molar-refractivity contribution is 5.97. The molecule has 2 aromatic carbocycles. The summed E-state index contributed by atoms with van der Waals surface area (Å²) in [4.78, 5) is 0. The van der Waals surface area contributed by atoms with Gasteiger partial charge in [-0.25, -0.2) is 0 Å². The molecule has 3 rings (SSSR count). The number of nitrogens with one attached hydrogen (secondary N) is 1. The third-order valence-electron chi connectivity index (χ3n) is 3.19. The Kier molecular flexibility index (Phi) is 2.22. The first-order valence-electron chi connectivity index (χ1n) is 5.77. The normalized spacial score (nSPS) is 10.9. The van der Waals surface area contributed by atoms with Gasteiger partial charge in [-0.2, -0.15) is 5.10 Å². The summed E-state index contributed by atoms with van der Waals surface area (Å²) in [6.45, 7) is 4.11. The predicted octanol–water partition coefficient (Wildman–Crippen LogP) is 3.85. The van der Waals surface area contributed by atoms with Gasteiger partial charge in [-0.05, 0) is 30.2 Å². The molecule has 1 N–H and O–H groups in total. The van der Waals surface area contributed by atoms with Crippen molar-refractivity contribution in [2.24, 2.45) is 0 Å². The molecule has 0 fully saturated rings. The summed E-state index contributed by atoms with van der Waals surface area (Å²) in [5.74, 6) is 0. The van der Waals surface area contributed by atoms with Gasteiger partial charge in [-0.3, -0.25) is 5.10 Å². The number of H-pyrrole nitrogens is 1. The molecule has 0 aliphatic heterocycles. The van der Waals surface area contributed by atoms with E-state index in [0.29, 0.717) is 0 Å².